The van der Waals surface area contributed by atoms with E-state index in [9.17, 15) is 4.79 Å². The Hall–Kier alpha value is -1.63. The smallest absolute Gasteiger partial charge is 0.268 e. The van der Waals surface area contributed by atoms with Gasteiger partial charge in [0.15, 0.2) is 0 Å². The van der Waals surface area contributed by atoms with Crippen molar-refractivity contribution in [2.24, 2.45) is 0 Å². The molecule has 0 atom stereocenters. The van der Waals surface area contributed by atoms with Crippen LogP contribution in [0.3, 0.4) is 0 Å². The van der Waals surface area contributed by atoms with Gasteiger partial charge in [-0.2, -0.15) is 5.10 Å². The molecule has 7 heteroatoms. The second-order valence-electron chi connectivity index (χ2n) is 2.85. The van der Waals surface area contributed by atoms with Gasteiger partial charge in [-0.1, -0.05) is 0 Å². The van der Waals surface area contributed by atoms with Gasteiger partial charge in [-0.15, -0.1) is 0 Å². The molecule has 0 aliphatic rings. The number of H-pyrrole nitrogens is 2. The van der Waals surface area contributed by atoms with Crippen LogP contribution in [-0.2, 0) is 6.54 Å². The Morgan fingerprint density at radius 1 is 1.60 bits per heavy atom. The van der Waals surface area contributed by atoms with Crippen molar-refractivity contribution < 1.29 is 4.79 Å². The van der Waals surface area contributed by atoms with E-state index in [4.69, 9.17) is 0 Å². The molecule has 15 heavy (non-hydrogen) atoms. The van der Waals surface area contributed by atoms with Crippen LogP contribution in [0.4, 0.5) is 0 Å². The van der Waals surface area contributed by atoms with Crippen molar-refractivity contribution in [3.05, 3.63) is 34.6 Å². The van der Waals surface area contributed by atoms with Crippen molar-refractivity contribution in [3.8, 4) is 0 Å². The number of nitrogens with zero attached hydrogens (tertiary/aromatic N) is 2. The summed E-state index contributed by atoms with van der Waals surface area (Å²) >= 11 is 3.25. The average Bonchev–Trinajstić information content (AvgIpc) is 2.84. The second kappa shape index (κ2) is 4.26. The Morgan fingerprint density at radius 2 is 2.47 bits per heavy atom. The molecule has 0 aliphatic heterocycles. The van der Waals surface area contributed by atoms with Crippen molar-refractivity contribution in [3.63, 3.8) is 0 Å². The topological polar surface area (TPSA) is 86.5 Å². The zero-order chi connectivity index (χ0) is 10.7. The molecule has 1 amide bonds. The molecule has 0 bridgehead atoms. The van der Waals surface area contributed by atoms with Gasteiger partial charge in [0.2, 0.25) is 0 Å². The summed E-state index contributed by atoms with van der Waals surface area (Å²) in [7, 11) is 0. The largest absolute Gasteiger partial charge is 0.356 e. The van der Waals surface area contributed by atoms with Gasteiger partial charge in [0.25, 0.3) is 5.91 Å². The fourth-order valence-electron chi connectivity index (χ4n) is 1.07. The summed E-state index contributed by atoms with van der Waals surface area (Å²) in [6.45, 7) is 0.329. The second-order valence-corrected chi connectivity index (χ2v) is 3.76. The number of carbonyl (C=O) groups excluding carboxylic acids is 1. The number of hydrogen-bond acceptors (Lipinski definition) is 3. The summed E-state index contributed by atoms with van der Waals surface area (Å²) < 4.78 is 0.840. The zero-order valence-electron chi connectivity index (χ0n) is 7.62. The van der Waals surface area contributed by atoms with Crippen LogP contribution in [0.1, 0.15) is 16.3 Å². The minimum atomic E-state index is -0.183. The number of aromatic amines is 2. The van der Waals surface area contributed by atoms with Crippen molar-refractivity contribution in [2.45, 2.75) is 6.54 Å². The maximum Gasteiger partial charge on any atom is 0.268 e. The van der Waals surface area contributed by atoms with Gasteiger partial charge in [0.05, 0.1) is 6.54 Å². The lowest BCUT2D eigenvalue weighted by molar-refractivity contribution is 0.0945. The Labute approximate surface area is 93.6 Å². The molecule has 0 fully saturated rings. The Bertz CT molecular complexity index is 449. The predicted octanol–water partition coefficient (Wildman–Crippen LogP) is 0.825. The molecule has 0 saturated carbocycles. The van der Waals surface area contributed by atoms with Crippen molar-refractivity contribution in [1.82, 2.24) is 25.5 Å². The molecule has 78 valence electrons. The van der Waals surface area contributed by atoms with Gasteiger partial charge < -0.3 is 10.3 Å². The van der Waals surface area contributed by atoms with E-state index in [-0.39, 0.29) is 5.91 Å². The van der Waals surface area contributed by atoms with E-state index < -0.39 is 0 Å². The van der Waals surface area contributed by atoms with Gasteiger partial charge in [0, 0.05) is 10.7 Å². The van der Waals surface area contributed by atoms with E-state index in [2.05, 4.69) is 41.4 Å². The number of rotatable bonds is 3. The molecular weight excluding hydrogens is 262 g/mol. The number of halogens is 1. The lowest BCUT2D eigenvalue weighted by Gasteiger charge is -1.99. The molecule has 0 saturated heterocycles. The van der Waals surface area contributed by atoms with E-state index in [1.807, 2.05) is 0 Å². The summed E-state index contributed by atoms with van der Waals surface area (Å²) in [5.41, 5.74) is 0.501. The summed E-state index contributed by atoms with van der Waals surface area (Å²) in [6, 6.07) is 1.70. The number of hydrogen-bond donors (Lipinski definition) is 3. The van der Waals surface area contributed by atoms with Crippen LogP contribution in [0, 0.1) is 0 Å². The fourth-order valence-corrected chi connectivity index (χ4v) is 1.42. The Morgan fingerprint density at radius 3 is 3.07 bits per heavy atom. The van der Waals surface area contributed by atoms with Gasteiger partial charge in [-0.25, -0.2) is 4.98 Å². The summed E-state index contributed by atoms with van der Waals surface area (Å²) in [6.07, 6.45) is 3.09. The van der Waals surface area contributed by atoms with Crippen molar-refractivity contribution in [2.75, 3.05) is 0 Å². The number of amides is 1. The lowest BCUT2D eigenvalue weighted by atomic mass is 10.4. The van der Waals surface area contributed by atoms with E-state index in [1.165, 1.54) is 6.33 Å². The van der Waals surface area contributed by atoms with Gasteiger partial charge in [-0.05, 0) is 22.0 Å². The first kappa shape index (κ1) is 9.91. The van der Waals surface area contributed by atoms with Crippen LogP contribution in [-0.4, -0.2) is 26.1 Å². The standard InChI is InChI=1S/C8H8BrN5O/c9-5-1-6(10-2-5)8(15)11-3-7-12-4-13-14-7/h1-2,4,10H,3H2,(H,11,15)(H,12,13,14). The molecule has 3 N–H and O–H groups in total. The van der Waals surface area contributed by atoms with Crippen LogP contribution in [0.25, 0.3) is 0 Å². The van der Waals surface area contributed by atoms with Crippen LogP contribution < -0.4 is 5.32 Å². The molecule has 2 aromatic heterocycles. The lowest BCUT2D eigenvalue weighted by Crippen LogP contribution is -2.23. The monoisotopic (exact) mass is 269 g/mol. The molecular formula is C8H8BrN5O. The molecule has 0 unspecified atom stereocenters. The third-order valence-corrected chi connectivity index (χ3v) is 2.23. The van der Waals surface area contributed by atoms with Crippen LogP contribution in [0.15, 0.2) is 23.1 Å². The normalized spacial score (nSPS) is 10.2. The first-order chi connectivity index (χ1) is 7.25. The number of aromatic nitrogens is 4. The van der Waals surface area contributed by atoms with Crippen molar-refractivity contribution >= 4 is 21.8 Å². The maximum absolute atomic E-state index is 11.5. The molecule has 6 nitrogen and oxygen atoms in total. The van der Waals surface area contributed by atoms with Crippen LogP contribution in [0.5, 0.6) is 0 Å². The summed E-state index contributed by atoms with van der Waals surface area (Å²) in [4.78, 5) is 18.2. The van der Waals surface area contributed by atoms with Crippen molar-refractivity contribution in [1.29, 1.82) is 0 Å². The maximum atomic E-state index is 11.5. The highest BCUT2D eigenvalue weighted by Gasteiger charge is 2.07. The van der Waals surface area contributed by atoms with E-state index in [1.54, 1.807) is 12.3 Å². The SMILES string of the molecule is O=C(NCc1ncn[nH]1)c1cc(Br)c[nH]1. The third-order valence-electron chi connectivity index (χ3n) is 1.77. The van der Waals surface area contributed by atoms with Crippen LogP contribution in [0.2, 0.25) is 0 Å². The van der Waals surface area contributed by atoms with Gasteiger partial charge in [0.1, 0.15) is 17.8 Å². The molecule has 0 radical (unpaired) electrons. The van der Waals surface area contributed by atoms with E-state index in [0.717, 1.165) is 4.47 Å². The highest BCUT2D eigenvalue weighted by Crippen LogP contribution is 2.10. The highest BCUT2D eigenvalue weighted by molar-refractivity contribution is 9.10. The Balaban J connectivity index is 1.93. The fraction of sp³-hybridized carbons (Fsp3) is 0.125. The number of carbonyl (C=O) groups is 1. The molecule has 0 aromatic carbocycles. The molecule has 0 spiro atoms. The summed E-state index contributed by atoms with van der Waals surface area (Å²) in [5, 5.41) is 9.02. The predicted molar refractivity (Wildman–Crippen MR) is 56.0 cm³/mol. The average molecular weight is 270 g/mol. The third kappa shape index (κ3) is 2.44. The minimum Gasteiger partial charge on any atom is -0.356 e. The van der Waals surface area contributed by atoms with Gasteiger partial charge in [-0.3, -0.25) is 9.89 Å². The summed E-state index contributed by atoms with van der Waals surface area (Å²) in [5.74, 6) is 0.436. The first-order valence-electron chi connectivity index (χ1n) is 4.22. The minimum absolute atomic E-state index is 0.183. The van der Waals surface area contributed by atoms with E-state index in [0.29, 0.717) is 18.1 Å². The first-order valence-corrected chi connectivity index (χ1v) is 5.01. The number of nitrogens with one attached hydrogen (secondary N) is 3. The zero-order valence-corrected chi connectivity index (χ0v) is 9.21. The van der Waals surface area contributed by atoms with Gasteiger partial charge >= 0.3 is 0 Å². The van der Waals surface area contributed by atoms with Crippen LogP contribution >= 0.6 is 15.9 Å². The molecule has 0 aliphatic carbocycles. The van der Waals surface area contributed by atoms with E-state index >= 15 is 0 Å². The quantitative estimate of drug-likeness (QED) is 0.771. The highest BCUT2D eigenvalue weighted by atomic mass is 79.9. The molecule has 2 rings (SSSR count). The molecule has 2 heterocycles. The Kier molecular flexibility index (Phi) is 2.82. The molecule has 2 aromatic rings.